The molecule has 12 heavy (non-hydrogen) atoms. The highest BCUT2D eigenvalue weighted by Gasteiger charge is 2.23. The summed E-state index contributed by atoms with van der Waals surface area (Å²) in [6, 6.07) is 0. The number of piperidine rings is 1. The van der Waals surface area contributed by atoms with Gasteiger partial charge in [0, 0.05) is 20.2 Å². The second-order valence-electron chi connectivity index (χ2n) is 3.15. The Kier molecular flexibility index (Phi) is 3.49. The molecule has 0 radical (unpaired) electrons. The van der Waals surface area contributed by atoms with E-state index in [0.717, 1.165) is 25.9 Å². The number of carboxylic acid groups (broad SMARTS) is 1. The first kappa shape index (κ1) is 9.48. The fourth-order valence-corrected chi connectivity index (χ4v) is 1.49. The molecule has 1 rings (SSSR count). The van der Waals surface area contributed by atoms with Gasteiger partial charge in [-0.25, -0.2) is 0 Å². The summed E-state index contributed by atoms with van der Waals surface area (Å²) in [5.74, 6) is -0.801. The molecule has 0 bridgehead atoms. The lowest BCUT2D eigenvalue weighted by molar-refractivity contribution is -0.143. The lowest BCUT2D eigenvalue weighted by Gasteiger charge is -2.28. The number of carbonyl (C=O) groups is 1. The van der Waals surface area contributed by atoms with Crippen LogP contribution in [0.5, 0.6) is 0 Å². The summed E-state index contributed by atoms with van der Waals surface area (Å²) in [5, 5.41) is 8.70. The van der Waals surface area contributed by atoms with Crippen molar-refractivity contribution < 1.29 is 14.6 Å². The van der Waals surface area contributed by atoms with E-state index in [1.807, 2.05) is 0 Å². The van der Waals surface area contributed by atoms with Gasteiger partial charge in [0.1, 0.15) is 0 Å². The minimum atomic E-state index is -0.660. The van der Waals surface area contributed by atoms with Crippen molar-refractivity contribution in [2.24, 2.45) is 5.92 Å². The number of ether oxygens (including phenoxy) is 1. The number of rotatable bonds is 3. The van der Waals surface area contributed by atoms with Crippen LogP contribution in [0.15, 0.2) is 0 Å². The molecule has 0 spiro atoms. The second-order valence-corrected chi connectivity index (χ2v) is 3.15. The number of hydrogen-bond donors (Lipinski definition) is 1. The highest BCUT2D eigenvalue weighted by Crippen LogP contribution is 2.16. The van der Waals surface area contributed by atoms with Crippen LogP contribution in [-0.2, 0) is 9.53 Å². The van der Waals surface area contributed by atoms with E-state index >= 15 is 0 Å². The van der Waals surface area contributed by atoms with Crippen molar-refractivity contribution in [1.29, 1.82) is 0 Å². The normalized spacial score (nSPS) is 21.1. The van der Waals surface area contributed by atoms with Crippen molar-refractivity contribution in [2.75, 3.05) is 26.9 Å². The Morgan fingerprint density at radius 2 is 2.17 bits per heavy atom. The van der Waals surface area contributed by atoms with Gasteiger partial charge in [-0.2, -0.15) is 0 Å². The molecule has 0 atom stereocenters. The lowest BCUT2D eigenvalue weighted by atomic mass is 9.98. The van der Waals surface area contributed by atoms with E-state index in [-0.39, 0.29) is 5.92 Å². The van der Waals surface area contributed by atoms with Crippen LogP contribution < -0.4 is 0 Å². The molecule has 4 nitrogen and oxygen atoms in total. The van der Waals surface area contributed by atoms with Gasteiger partial charge in [0.05, 0.1) is 12.6 Å². The third-order valence-corrected chi connectivity index (χ3v) is 2.25. The molecule has 0 aromatic rings. The van der Waals surface area contributed by atoms with Crippen LogP contribution in [0.2, 0.25) is 0 Å². The van der Waals surface area contributed by atoms with Gasteiger partial charge in [-0.3, -0.25) is 9.69 Å². The Balaban J connectivity index is 2.25. The molecule has 70 valence electrons. The predicted octanol–water partition coefficient (Wildman–Crippen LogP) is 0.387. The van der Waals surface area contributed by atoms with Crippen LogP contribution in [0.3, 0.4) is 0 Å². The molecule has 1 saturated heterocycles. The zero-order valence-electron chi connectivity index (χ0n) is 7.32. The molecule has 0 saturated carbocycles. The van der Waals surface area contributed by atoms with Crippen molar-refractivity contribution in [1.82, 2.24) is 4.90 Å². The van der Waals surface area contributed by atoms with Gasteiger partial charge in [-0.1, -0.05) is 0 Å². The first-order valence-corrected chi connectivity index (χ1v) is 4.18. The van der Waals surface area contributed by atoms with Gasteiger partial charge in [-0.15, -0.1) is 0 Å². The maximum Gasteiger partial charge on any atom is 0.306 e. The lowest BCUT2D eigenvalue weighted by Crippen LogP contribution is -2.37. The quantitative estimate of drug-likeness (QED) is 0.670. The van der Waals surface area contributed by atoms with Crippen molar-refractivity contribution in [2.45, 2.75) is 12.8 Å². The minimum Gasteiger partial charge on any atom is -0.481 e. The predicted molar refractivity (Wildman–Crippen MR) is 43.8 cm³/mol. The summed E-state index contributed by atoms with van der Waals surface area (Å²) >= 11 is 0. The van der Waals surface area contributed by atoms with Gasteiger partial charge >= 0.3 is 5.97 Å². The molecule has 0 aliphatic carbocycles. The maximum atomic E-state index is 10.6. The number of likely N-dealkylation sites (tertiary alicyclic amines) is 1. The maximum absolute atomic E-state index is 10.6. The Bertz CT molecular complexity index is 152. The largest absolute Gasteiger partial charge is 0.481 e. The zero-order valence-corrected chi connectivity index (χ0v) is 7.32. The average molecular weight is 173 g/mol. The topological polar surface area (TPSA) is 49.8 Å². The highest BCUT2D eigenvalue weighted by atomic mass is 16.5. The van der Waals surface area contributed by atoms with Crippen molar-refractivity contribution in [3.8, 4) is 0 Å². The van der Waals surface area contributed by atoms with E-state index in [1.54, 1.807) is 7.11 Å². The summed E-state index contributed by atoms with van der Waals surface area (Å²) in [5.41, 5.74) is 0. The van der Waals surface area contributed by atoms with Gasteiger partial charge in [0.15, 0.2) is 0 Å². The van der Waals surface area contributed by atoms with Crippen LogP contribution in [0.4, 0.5) is 0 Å². The molecule has 0 unspecified atom stereocenters. The van der Waals surface area contributed by atoms with Gasteiger partial charge in [-0.05, 0) is 12.8 Å². The Labute approximate surface area is 72.1 Å². The van der Waals surface area contributed by atoms with E-state index in [0.29, 0.717) is 6.73 Å². The number of aliphatic carboxylic acids is 1. The van der Waals surface area contributed by atoms with Gasteiger partial charge < -0.3 is 9.84 Å². The van der Waals surface area contributed by atoms with E-state index in [1.165, 1.54) is 0 Å². The summed E-state index contributed by atoms with van der Waals surface area (Å²) in [6.45, 7) is 2.29. The van der Waals surface area contributed by atoms with Crippen molar-refractivity contribution in [3.63, 3.8) is 0 Å². The molecular weight excluding hydrogens is 158 g/mol. The number of carboxylic acids is 1. The Morgan fingerprint density at radius 3 is 2.58 bits per heavy atom. The molecule has 1 aliphatic rings. The second kappa shape index (κ2) is 4.42. The molecule has 1 N–H and O–H groups in total. The smallest absolute Gasteiger partial charge is 0.306 e. The van der Waals surface area contributed by atoms with Crippen LogP contribution in [0.25, 0.3) is 0 Å². The zero-order chi connectivity index (χ0) is 8.97. The van der Waals surface area contributed by atoms with Crippen molar-refractivity contribution in [3.05, 3.63) is 0 Å². The Hall–Kier alpha value is -0.610. The summed E-state index contributed by atoms with van der Waals surface area (Å²) < 4.78 is 4.96. The standard InChI is InChI=1S/C8H15NO3/c1-12-6-9-4-2-7(3-5-9)8(10)11/h7H,2-6H2,1H3,(H,10,11). The van der Waals surface area contributed by atoms with Crippen LogP contribution in [-0.4, -0.2) is 42.9 Å². The van der Waals surface area contributed by atoms with E-state index in [4.69, 9.17) is 9.84 Å². The van der Waals surface area contributed by atoms with E-state index in [9.17, 15) is 4.79 Å². The van der Waals surface area contributed by atoms with Crippen LogP contribution >= 0.6 is 0 Å². The summed E-state index contributed by atoms with van der Waals surface area (Å²) in [4.78, 5) is 12.7. The molecule has 4 heteroatoms. The first-order valence-electron chi connectivity index (χ1n) is 4.18. The SMILES string of the molecule is COCN1CCC(C(=O)O)CC1. The number of nitrogens with zero attached hydrogens (tertiary/aromatic N) is 1. The Morgan fingerprint density at radius 1 is 1.58 bits per heavy atom. The van der Waals surface area contributed by atoms with Crippen LogP contribution in [0.1, 0.15) is 12.8 Å². The van der Waals surface area contributed by atoms with E-state index < -0.39 is 5.97 Å². The van der Waals surface area contributed by atoms with E-state index in [2.05, 4.69) is 4.90 Å². The average Bonchev–Trinajstić information content (AvgIpc) is 2.06. The first-order chi connectivity index (χ1) is 5.74. The molecule has 1 aliphatic heterocycles. The third kappa shape index (κ3) is 2.46. The van der Waals surface area contributed by atoms with Gasteiger partial charge in [0.25, 0.3) is 0 Å². The molecule has 1 fully saturated rings. The molecule has 0 aromatic carbocycles. The highest BCUT2D eigenvalue weighted by molar-refractivity contribution is 5.70. The van der Waals surface area contributed by atoms with Gasteiger partial charge in [0.2, 0.25) is 0 Å². The molecule has 0 aromatic heterocycles. The molecule has 0 amide bonds. The molecular formula is C8H15NO3. The number of hydrogen-bond acceptors (Lipinski definition) is 3. The molecule has 1 heterocycles. The summed E-state index contributed by atoms with van der Waals surface area (Å²) in [6.07, 6.45) is 1.50. The fraction of sp³-hybridized carbons (Fsp3) is 0.875. The van der Waals surface area contributed by atoms with Crippen molar-refractivity contribution >= 4 is 5.97 Å². The fourth-order valence-electron chi connectivity index (χ4n) is 1.49. The van der Waals surface area contributed by atoms with Crippen LogP contribution in [0, 0.1) is 5.92 Å². The number of methoxy groups -OCH3 is 1. The third-order valence-electron chi connectivity index (χ3n) is 2.25. The summed E-state index contributed by atoms with van der Waals surface area (Å²) in [7, 11) is 1.66. The monoisotopic (exact) mass is 173 g/mol. The minimum absolute atomic E-state index is 0.141.